The van der Waals surface area contributed by atoms with E-state index in [1.807, 2.05) is 32.1 Å². The van der Waals surface area contributed by atoms with Gasteiger partial charge in [-0.15, -0.1) is 0 Å². The van der Waals surface area contributed by atoms with Gasteiger partial charge in [0.25, 0.3) is 0 Å². The fraction of sp³-hybridized carbons (Fsp3) is 0.263. The van der Waals surface area contributed by atoms with E-state index in [9.17, 15) is 13.7 Å². The van der Waals surface area contributed by atoms with Crippen LogP contribution < -0.4 is 0 Å². The molecule has 3 rings (SSSR count). The van der Waals surface area contributed by atoms with E-state index >= 15 is 0 Å². The molecule has 0 bridgehead atoms. The summed E-state index contributed by atoms with van der Waals surface area (Å²) in [6.45, 7) is 3.82. The summed E-state index contributed by atoms with van der Waals surface area (Å²) in [5.41, 5.74) is 1.73. The maximum atomic E-state index is 12.3. The summed E-state index contributed by atoms with van der Waals surface area (Å²) in [5.74, 6) is 0. The van der Waals surface area contributed by atoms with E-state index in [1.54, 1.807) is 0 Å². The second-order valence-corrected chi connectivity index (χ2v) is 8.12. The molecule has 0 saturated heterocycles. The fourth-order valence-corrected chi connectivity index (χ4v) is 3.75. The average Bonchev–Trinajstić information content (AvgIpc) is 2.94. The van der Waals surface area contributed by atoms with Crippen molar-refractivity contribution >= 4 is 21.5 Å². The summed E-state index contributed by atoms with van der Waals surface area (Å²) in [6.07, 6.45) is 5.84. The van der Waals surface area contributed by atoms with E-state index in [0.717, 1.165) is 24.1 Å². The van der Waals surface area contributed by atoms with Crippen LogP contribution in [-0.4, -0.2) is 19.8 Å². The van der Waals surface area contributed by atoms with Crippen LogP contribution in [0.25, 0.3) is 0 Å². The van der Waals surface area contributed by atoms with E-state index in [2.05, 4.69) is 16.2 Å². The summed E-state index contributed by atoms with van der Waals surface area (Å²) in [5, 5.41) is 21.8. The Hall–Kier alpha value is -3.23. The first-order valence-electron chi connectivity index (χ1n) is 8.22. The molecule has 1 aliphatic heterocycles. The molecule has 0 saturated carbocycles. The molecule has 1 aromatic carbocycles. The van der Waals surface area contributed by atoms with Gasteiger partial charge < -0.3 is 0 Å². The average molecular weight is 380 g/mol. The zero-order chi connectivity index (χ0) is 19.7. The molecule has 0 amide bonds. The van der Waals surface area contributed by atoms with E-state index < -0.39 is 15.5 Å². The van der Waals surface area contributed by atoms with Crippen molar-refractivity contribution in [3.05, 3.63) is 53.3 Å². The van der Waals surface area contributed by atoms with Crippen molar-refractivity contribution < 1.29 is 12.7 Å². The molecule has 136 valence electrons. The van der Waals surface area contributed by atoms with Crippen molar-refractivity contribution in [1.82, 2.24) is 0 Å². The van der Waals surface area contributed by atoms with E-state index in [-0.39, 0.29) is 10.6 Å². The van der Waals surface area contributed by atoms with Gasteiger partial charge >= 0.3 is 10.1 Å². The first-order valence-corrected chi connectivity index (χ1v) is 9.63. The molecule has 1 aromatic rings. The second-order valence-electron chi connectivity index (χ2n) is 6.59. The van der Waals surface area contributed by atoms with Crippen LogP contribution >= 0.6 is 0 Å². The number of hydrogen-bond acceptors (Lipinski definition) is 7. The fourth-order valence-electron chi connectivity index (χ4n) is 3.02. The Morgan fingerprint density at radius 1 is 1.19 bits per heavy atom. The Labute approximate surface area is 157 Å². The van der Waals surface area contributed by atoms with Gasteiger partial charge in [0.1, 0.15) is 11.0 Å². The van der Waals surface area contributed by atoms with Gasteiger partial charge in [-0.25, -0.2) is 4.99 Å². The Bertz CT molecular complexity index is 1090. The van der Waals surface area contributed by atoms with Crippen molar-refractivity contribution in [3.8, 4) is 12.1 Å². The number of rotatable bonds is 4. The minimum atomic E-state index is -4.22. The number of allylic oxidation sites excluding steroid dienone is 3. The zero-order valence-electron chi connectivity index (χ0n) is 14.8. The number of aliphatic imine (C=N–C) groups is 1. The summed E-state index contributed by atoms with van der Waals surface area (Å²) < 4.78 is 29.3. The molecule has 0 N–H and O–H groups in total. The lowest BCUT2D eigenvalue weighted by atomic mass is 9.77. The van der Waals surface area contributed by atoms with Crippen molar-refractivity contribution in [2.45, 2.75) is 31.6 Å². The molecule has 0 unspecified atom stereocenters. The predicted molar refractivity (Wildman–Crippen MR) is 99.1 cm³/mol. The Balaban J connectivity index is 1.91. The van der Waals surface area contributed by atoms with Crippen LogP contribution in [0.3, 0.4) is 0 Å². The van der Waals surface area contributed by atoms with Crippen molar-refractivity contribution in [1.29, 1.82) is 10.5 Å². The second kappa shape index (κ2) is 6.82. The van der Waals surface area contributed by atoms with Crippen LogP contribution in [0.1, 0.15) is 32.3 Å². The van der Waals surface area contributed by atoms with Crippen LogP contribution in [0, 0.1) is 28.1 Å². The van der Waals surface area contributed by atoms with Crippen molar-refractivity contribution in [2.24, 2.45) is 15.6 Å². The molecule has 2 aliphatic rings. The van der Waals surface area contributed by atoms with Crippen LogP contribution in [0.5, 0.6) is 0 Å². The third-order valence-corrected chi connectivity index (χ3v) is 5.58. The van der Waals surface area contributed by atoms with Crippen LogP contribution in [-0.2, 0) is 14.4 Å². The summed E-state index contributed by atoms with van der Waals surface area (Å²) in [4.78, 5) is 4.32. The largest absolute Gasteiger partial charge is 0.358 e. The van der Waals surface area contributed by atoms with Gasteiger partial charge in [-0.2, -0.15) is 18.9 Å². The summed E-state index contributed by atoms with van der Waals surface area (Å²) in [6, 6.07) is 9.00. The van der Waals surface area contributed by atoms with Crippen LogP contribution in [0.2, 0.25) is 0 Å². The maximum absolute atomic E-state index is 12.3. The summed E-state index contributed by atoms with van der Waals surface area (Å²) in [7, 11) is -4.22. The van der Waals surface area contributed by atoms with E-state index in [4.69, 9.17) is 9.55 Å². The van der Waals surface area contributed by atoms with Gasteiger partial charge in [-0.3, -0.25) is 4.28 Å². The topological polar surface area (TPSA) is 116 Å². The number of nitrogens with zero attached hydrogens (tertiary/aromatic N) is 4. The third-order valence-electron chi connectivity index (χ3n) is 4.46. The Kier molecular flexibility index (Phi) is 4.69. The highest BCUT2D eigenvalue weighted by atomic mass is 32.2. The normalized spacial score (nSPS) is 18.4. The smallest absolute Gasteiger partial charge is 0.263 e. The Morgan fingerprint density at radius 2 is 1.85 bits per heavy atom. The van der Waals surface area contributed by atoms with Crippen molar-refractivity contribution in [3.63, 3.8) is 0 Å². The molecule has 0 radical (unpaired) electrons. The lowest BCUT2D eigenvalue weighted by Gasteiger charge is -2.23. The minimum Gasteiger partial charge on any atom is -0.263 e. The molecule has 1 heterocycles. The van der Waals surface area contributed by atoms with Gasteiger partial charge in [0, 0.05) is 5.41 Å². The van der Waals surface area contributed by atoms with Gasteiger partial charge in [0.05, 0.1) is 23.0 Å². The predicted octanol–water partition coefficient (Wildman–Crippen LogP) is 3.23. The van der Waals surface area contributed by atoms with Gasteiger partial charge in [-0.1, -0.05) is 17.3 Å². The first-order chi connectivity index (χ1) is 12.8. The van der Waals surface area contributed by atoms with E-state index in [0.29, 0.717) is 11.3 Å². The number of benzene rings is 1. The van der Waals surface area contributed by atoms with E-state index in [1.165, 1.54) is 24.3 Å². The minimum absolute atomic E-state index is 0.158. The lowest BCUT2D eigenvalue weighted by Crippen LogP contribution is -2.29. The highest BCUT2D eigenvalue weighted by molar-refractivity contribution is 7.86. The number of nitriles is 2. The SMILES string of the molecule is CC1(C)C2=CCCC=C2N=C1/C(C#N)=N/OS(=O)(=O)c1ccc(C#N)cc1. The van der Waals surface area contributed by atoms with Gasteiger partial charge in [0.2, 0.25) is 5.71 Å². The number of fused-ring (bicyclic) bond motifs is 1. The molecule has 1 aliphatic carbocycles. The van der Waals surface area contributed by atoms with Crippen molar-refractivity contribution in [2.75, 3.05) is 0 Å². The first kappa shape index (κ1) is 18.6. The van der Waals surface area contributed by atoms with Gasteiger partial charge in [0.15, 0.2) is 0 Å². The number of hydrogen-bond donors (Lipinski definition) is 0. The molecule has 0 spiro atoms. The molecule has 7 nitrogen and oxygen atoms in total. The molecule has 0 atom stereocenters. The molecule has 0 aromatic heterocycles. The van der Waals surface area contributed by atoms with Crippen LogP contribution in [0.4, 0.5) is 0 Å². The summed E-state index contributed by atoms with van der Waals surface area (Å²) >= 11 is 0. The molecule has 0 fully saturated rings. The lowest BCUT2D eigenvalue weighted by molar-refractivity contribution is 0.340. The standard InChI is InChI=1S/C19H16N4O3S/c1-19(2)15-5-3-4-6-16(15)22-18(19)17(12-21)23-26-27(24,25)14-9-7-13(11-20)8-10-14/h5-10H,3-4H2,1-2H3/b23-17+. The van der Waals surface area contributed by atoms with Gasteiger partial charge in [-0.05, 0) is 56.5 Å². The molecule has 8 heteroatoms. The zero-order valence-corrected chi connectivity index (χ0v) is 15.6. The highest BCUT2D eigenvalue weighted by Crippen LogP contribution is 2.43. The number of oxime groups is 1. The molecular formula is C19H16N4O3S. The monoisotopic (exact) mass is 380 g/mol. The highest BCUT2D eigenvalue weighted by Gasteiger charge is 2.41. The van der Waals surface area contributed by atoms with Crippen LogP contribution in [0.15, 0.2) is 62.7 Å². The molecule has 27 heavy (non-hydrogen) atoms. The quantitative estimate of drug-likeness (QED) is 0.587. The molecular weight excluding hydrogens is 364 g/mol. The maximum Gasteiger partial charge on any atom is 0.358 e. The third kappa shape index (κ3) is 3.40. The Morgan fingerprint density at radius 3 is 2.44 bits per heavy atom.